The highest BCUT2D eigenvalue weighted by Crippen LogP contribution is 2.29. The Morgan fingerprint density at radius 1 is 1.27 bits per heavy atom. The summed E-state index contributed by atoms with van der Waals surface area (Å²) in [6, 6.07) is 8.45. The minimum absolute atomic E-state index is 0. The molecule has 30 heavy (non-hydrogen) atoms. The quantitative estimate of drug-likeness (QED) is 0.373. The minimum Gasteiger partial charge on any atom is -0.362 e. The van der Waals surface area contributed by atoms with Crippen molar-refractivity contribution in [3.05, 3.63) is 72.0 Å². The van der Waals surface area contributed by atoms with Gasteiger partial charge in [-0.25, -0.2) is 4.39 Å². The largest absolute Gasteiger partial charge is 0.362 e. The predicted octanol–water partition coefficient (Wildman–Crippen LogP) is 5.69. The minimum atomic E-state index is -0.271. The average molecular weight is 447 g/mol. The Bertz CT molecular complexity index is 1030. The van der Waals surface area contributed by atoms with Crippen molar-refractivity contribution in [3.8, 4) is 0 Å². The smallest absolute Gasteiger partial charge is 0.173 e. The number of hydrogen-bond donors (Lipinski definition) is 1. The van der Waals surface area contributed by atoms with Crippen LogP contribution in [0.15, 0.2) is 49.2 Å². The van der Waals surface area contributed by atoms with Gasteiger partial charge in [-0.1, -0.05) is 13.0 Å². The number of aryl methyl sites for hydroxylation is 1. The molecule has 0 spiro atoms. The second-order valence-corrected chi connectivity index (χ2v) is 7.44. The molecule has 2 aromatic heterocycles. The van der Waals surface area contributed by atoms with E-state index in [9.17, 15) is 4.39 Å². The van der Waals surface area contributed by atoms with Crippen molar-refractivity contribution in [2.45, 2.75) is 40.3 Å². The lowest BCUT2D eigenvalue weighted by atomic mass is 10.1. The number of halogens is 2. The number of anilines is 1. The highest BCUT2D eigenvalue weighted by molar-refractivity contribution is 7.80. The summed E-state index contributed by atoms with van der Waals surface area (Å²) < 4.78 is 15.7. The van der Waals surface area contributed by atoms with Crippen LogP contribution in [0.5, 0.6) is 0 Å². The molecule has 1 aromatic carbocycles. The van der Waals surface area contributed by atoms with Crippen LogP contribution in [-0.4, -0.2) is 21.2 Å². The lowest BCUT2D eigenvalue weighted by Crippen LogP contribution is -2.40. The first kappa shape index (κ1) is 23.8. The van der Waals surface area contributed by atoms with Crippen molar-refractivity contribution in [2.75, 3.05) is 11.4 Å². The number of rotatable bonds is 7. The van der Waals surface area contributed by atoms with E-state index in [1.807, 2.05) is 17.2 Å². The summed E-state index contributed by atoms with van der Waals surface area (Å²) in [5.41, 5.74) is 5.28. The third-order valence-electron chi connectivity index (χ3n) is 5.15. The van der Waals surface area contributed by atoms with Crippen LogP contribution in [0.25, 0.3) is 10.9 Å². The predicted molar refractivity (Wildman–Crippen MR) is 130 cm³/mol. The van der Waals surface area contributed by atoms with Gasteiger partial charge in [0, 0.05) is 36.1 Å². The molecular weight excluding hydrogens is 419 g/mol. The normalized spacial score (nSPS) is 10.5. The van der Waals surface area contributed by atoms with Crippen molar-refractivity contribution >= 4 is 46.3 Å². The molecule has 7 heteroatoms. The Morgan fingerprint density at radius 2 is 1.97 bits per heavy atom. The van der Waals surface area contributed by atoms with Gasteiger partial charge in [0.05, 0.1) is 17.8 Å². The van der Waals surface area contributed by atoms with Crippen LogP contribution in [0.2, 0.25) is 0 Å². The number of aromatic nitrogens is 2. The maximum atomic E-state index is 13.5. The van der Waals surface area contributed by atoms with Crippen molar-refractivity contribution in [3.63, 3.8) is 0 Å². The van der Waals surface area contributed by atoms with Gasteiger partial charge in [0.2, 0.25) is 0 Å². The molecule has 0 bridgehead atoms. The molecule has 4 nitrogen and oxygen atoms in total. The molecule has 2 heterocycles. The van der Waals surface area contributed by atoms with E-state index in [1.54, 1.807) is 12.1 Å². The van der Waals surface area contributed by atoms with E-state index in [-0.39, 0.29) is 18.2 Å². The average Bonchev–Trinajstić information content (AvgIpc) is 2.97. The fourth-order valence-corrected chi connectivity index (χ4v) is 3.79. The molecule has 3 rings (SSSR count). The van der Waals surface area contributed by atoms with Crippen LogP contribution in [-0.2, 0) is 13.1 Å². The third kappa shape index (κ3) is 4.82. The zero-order valence-corrected chi connectivity index (χ0v) is 19.2. The molecule has 0 fully saturated rings. The first-order chi connectivity index (χ1) is 14.0. The summed E-state index contributed by atoms with van der Waals surface area (Å²) in [4.78, 5) is 6.67. The fraction of sp³-hybridized carbons (Fsp3) is 0.304. The molecule has 0 saturated carbocycles. The van der Waals surface area contributed by atoms with Crippen molar-refractivity contribution in [1.29, 1.82) is 0 Å². The highest BCUT2D eigenvalue weighted by Gasteiger charge is 2.19. The van der Waals surface area contributed by atoms with Crippen LogP contribution in [0.3, 0.4) is 0 Å². The number of nitrogens with zero attached hydrogens (tertiary/aromatic N) is 3. The summed E-state index contributed by atoms with van der Waals surface area (Å²) in [7, 11) is 0. The van der Waals surface area contributed by atoms with Crippen LogP contribution < -0.4 is 10.2 Å². The van der Waals surface area contributed by atoms with Gasteiger partial charge >= 0.3 is 0 Å². The van der Waals surface area contributed by atoms with Gasteiger partial charge < -0.3 is 14.8 Å². The summed E-state index contributed by atoms with van der Waals surface area (Å²) in [6.45, 7) is 12.2. The molecular formula is C23H28ClFN4S. The molecule has 0 atom stereocenters. The first-order valence-electron chi connectivity index (χ1n) is 9.83. The van der Waals surface area contributed by atoms with Gasteiger partial charge in [-0.05, 0) is 68.4 Å². The molecule has 0 unspecified atom stereocenters. The van der Waals surface area contributed by atoms with Crippen molar-refractivity contribution in [2.24, 2.45) is 0 Å². The zero-order chi connectivity index (χ0) is 21.0. The van der Waals surface area contributed by atoms with Gasteiger partial charge in [-0.2, -0.15) is 0 Å². The Hall–Kier alpha value is -2.44. The lowest BCUT2D eigenvalue weighted by molar-refractivity contribution is 0.627. The highest BCUT2D eigenvalue weighted by atomic mass is 35.5. The first-order valence-corrected chi connectivity index (χ1v) is 10.2. The summed E-state index contributed by atoms with van der Waals surface area (Å²) >= 11 is 5.66. The Kier molecular flexibility index (Phi) is 8.38. The second kappa shape index (κ2) is 10.5. The molecule has 0 radical (unpaired) electrons. The van der Waals surface area contributed by atoms with Gasteiger partial charge in [-0.15, -0.1) is 19.0 Å². The van der Waals surface area contributed by atoms with Crippen molar-refractivity contribution in [1.82, 2.24) is 14.9 Å². The monoisotopic (exact) mass is 446 g/mol. The number of nitrogens with one attached hydrogen (secondary N) is 1. The van der Waals surface area contributed by atoms with Gasteiger partial charge in [0.25, 0.3) is 0 Å². The molecule has 0 aliphatic heterocycles. The Labute approximate surface area is 189 Å². The Morgan fingerprint density at radius 3 is 2.60 bits per heavy atom. The maximum Gasteiger partial charge on any atom is 0.173 e. The number of benzene rings is 1. The van der Waals surface area contributed by atoms with E-state index in [4.69, 9.17) is 17.2 Å². The lowest BCUT2D eigenvalue weighted by Gasteiger charge is -2.26. The number of hydrogen-bond acceptors (Lipinski definition) is 2. The number of fused-ring (bicyclic) bond motifs is 1. The van der Waals surface area contributed by atoms with Gasteiger partial charge in [-0.3, -0.25) is 4.98 Å². The molecule has 0 saturated heterocycles. The second-order valence-electron chi connectivity index (χ2n) is 7.06. The summed E-state index contributed by atoms with van der Waals surface area (Å²) in [5.74, 6) is -0.271. The van der Waals surface area contributed by atoms with Gasteiger partial charge in [0.1, 0.15) is 5.82 Å². The topological polar surface area (TPSA) is 33.1 Å². The molecule has 1 N–H and O–H groups in total. The number of allylic oxidation sites excluding steroid dienone is 1. The van der Waals surface area contributed by atoms with E-state index in [1.165, 1.54) is 28.8 Å². The van der Waals surface area contributed by atoms with Crippen LogP contribution in [0.1, 0.15) is 30.3 Å². The fourth-order valence-electron chi connectivity index (χ4n) is 3.52. The van der Waals surface area contributed by atoms with Crippen LogP contribution in [0.4, 0.5) is 10.1 Å². The molecule has 0 aliphatic carbocycles. The third-order valence-corrected chi connectivity index (χ3v) is 5.52. The van der Waals surface area contributed by atoms with Gasteiger partial charge in [0.15, 0.2) is 5.11 Å². The SMILES string of the molecule is C=CCn1c(C)c(C)c2ccnc(CN(C(=S)NCCC)c3ccc(F)cc3)c21.Cl. The van der Waals surface area contributed by atoms with Crippen LogP contribution >= 0.6 is 24.6 Å². The molecule has 160 valence electrons. The van der Waals surface area contributed by atoms with E-state index in [0.717, 1.165) is 29.9 Å². The number of pyridine rings is 1. The Balaban J connectivity index is 0.00000320. The molecule has 0 amide bonds. The number of thiocarbonyl (C=S) groups is 1. The maximum absolute atomic E-state index is 13.5. The van der Waals surface area contributed by atoms with E-state index < -0.39 is 0 Å². The van der Waals surface area contributed by atoms with Crippen LogP contribution in [0, 0.1) is 19.7 Å². The molecule has 3 aromatic rings. The summed E-state index contributed by atoms with van der Waals surface area (Å²) in [5, 5.41) is 5.07. The standard InChI is InChI=1S/C23H27FN4S.ClH/c1-5-12-26-23(29)28(19-9-7-18(24)8-10-19)15-21-22-20(11-13-25-21)16(3)17(4)27(22)14-6-2;/h6-11,13H,2,5,12,14-15H2,1,3-4H3,(H,26,29);1H. The van der Waals surface area contributed by atoms with E-state index >= 15 is 0 Å². The van der Waals surface area contributed by atoms with E-state index in [0.29, 0.717) is 18.2 Å². The summed E-state index contributed by atoms with van der Waals surface area (Å²) in [6.07, 6.45) is 4.70. The zero-order valence-electron chi connectivity index (χ0n) is 17.6. The van der Waals surface area contributed by atoms with Crippen molar-refractivity contribution < 1.29 is 4.39 Å². The van der Waals surface area contributed by atoms with E-state index in [2.05, 4.69) is 43.3 Å². The molecule has 0 aliphatic rings.